The van der Waals surface area contributed by atoms with Crippen molar-refractivity contribution in [2.24, 2.45) is 0 Å². The second-order valence-corrected chi connectivity index (χ2v) is 5.89. The lowest BCUT2D eigenvalue weighted by molar-refractivity contribution is 0.292. The summed E-state index contributed by atoms with van der Waals surface area (Å²) in [4.78, 5) is 0. The maximum atomic E-state index is 6.26. The quantitative estimate of drug-likeness (QED) is 0.837. The van der Waals surface area contributed by atoms with Gasteiger partial charge in [0.1, 0.15) is 12.4 Å². The van der Waals surface area contributed by atoms with Gasteiger partial charge in [0, 0.05) is 11.0 Å². The molecule has 1 aromatic carbocycles. The van der Waals surface area contributed by atoms with E-state index in [4.69, 9.17) is 22.1 Å². The monoisotopic (exact) mass is 357 g/mol. The van der Waals surface area contributed by atoms with E-state index in [-0.39, 0.29) is 0 Å². The third-order valence-corrected chi connectivity index (χ3v) is 4.02. The molecule has 2 aromatic rings. The van der Waals surface area contributed by atoms with E-state index in [0.717, 1.165) is 28.0 Å². The van der Waals surface area contributed by atoms with Gasteiger partial charge in [-0.2, -0.15) is 5.10 Å². The zero-order valence-corrected chi connectivity index (χ0v) is 14.0. The maximum absolute atomic E-state index is 6.26. The van der Waals surface area contributed by atoms with Crippen molar-refractivity contribution < 1.29 is 4.74 Å². The molecule has 20 heavy (non-hydrogen) atoms. The predicted molar refractivity (Wildman–Crippen MR) is 85.3 cm³/mol. The molecule has 108 valence electrons. The summed E-state index contributed by atoms with van der Waals surface area (Å²) >= 11 is 9.67. The molecule has 1 aromatic heterocycles. The number of rotatable bonds is 4. The topological polar surface area (TPSA) is 53.1 Å². The van der Waals surface area contributed by atoms with Crippen LogP contribution in [0.4, 0.5) is 5.69 Å². The van der Waals surface area contributed by atoms with E-state index in [9.17, 15) is 0 Å². The number of nitrogens with two attached hydrogens (primary N) is 1. The van der Waals surface area contributed by atoms with Gasteiger partial charge in [0.05, 0.1) is 22.1 Å². The number of nitrogens with zero attached hydrogens (tertiary/aromatic N) is 2. The number of benzene rings is 1. The lowest BCUT2D eigenvalue weighted by Crippen LogP contribution is -2.08. The number of hydrogen-bond donors (Lipinski definition) is 1. The normalized spacial score (nSPS) is 10.8. The van der Waals surface area contributed by atoms with Gasteiger partial charge >= 0.3 is 0 Å². The molecule has 6 heteroatoms. The highest BCUT2D eigenvalue weighted by atomic mass is 79.9. The van der Waals surface area contributed by atoms with Crippen molar-refractivity contribution in [1.82, 2.24) is 9.78 Å². The molecule has 0 spiro atoms. The predicted octanol–water partition coefficient (Wildman–Crippen LogP) is 4.10. The minimum absolute atomic E-state index is 0.347. The molecule has 0 radical (unpaired) electrons. The zero-order chi connectivity index (χ0) is 14.9. The number of anilines is 1. The summed E-state index contributed by atoms with van der Waals surface area (Å²) in [6, 6.07) is 3.79. The second-order valence-electron chi connectivity index (χ2n) is 4.59. The van der Waals surface area contributed by atoms with Crippen LogP contribution in [0, 0.1) is 13.8 Å². The average Bonchev–Trinajstić information content (AvgIpc) is 2.64. The van der Waals surface area contributed by atoms with Crippen LogP contribution in [0.15, 0.2) is 16.6 Å². The van der Waals surface area contributed by atoms with Gasteiger partial charge in [-0.15, -0.1) is 0 Å². The fourth-order valence-corrected chi connectivity index (χ4v) is 2.88. The standard InChI is InChI=1S/C14H17BrClN3O/c1-4-19-12(13(16)9(3)18-19)7-20-14-8(2)5-10(15)6-11(14)17/h5-6H,4,7,17H2,1-3H3. The fraction of sp³-hybridized carbons (Fsp3) is 0.357. The Hall–Kier alpha value is -1.20. The smallest absolute Gasteiger partial charge is 0.145 e. The molecule has 0 saturated heterocycles. The lowest BCUT2D eigenvalue weighted by atomic mass is 10.2. The number of aromatic nitrogens is 2. The average molecular weight is 359 g/mol. The van der Waals surface area contributed by atoms with Crippen LogP contribution in [0.2, 0.25) is 5.02 Å². The van der Waals surface area contributed by atoms with Crippen LogP contribution >= 0.6 is 27.5 Å². The van der Waals surface area contributed by atoms with E-state index in [1.165, 1.54) is 0 Å². The zero-order valence-electron chi connectivity index (χ0n) is 11.7. The molecule has 1 heterocycles. The molecule has 4 nitrogen and oxygen atoms in total. The highest BCUT2D eigenvalue weighted by molar-refractivity contribution is 9.10. The Morgan fingerprint density at radius 3 is 2.70 bits per heavy atom. The molecule has 0 atom stereocenters. The molecule has 0 aliphatic rings. The van der Waals surface area contributed by atoms with E-state index in [2.05, 4.69) is 21.0 Å². The van der Waals surface area contributed by atoms with Crippen LogP contribution in [-0.4, -0.2) is 9.78 Å². The number of ether oxygens (including phenoxy) is 1. The molecule has 0 saturated carbocycles. The first-order valence-electron chi connectivity index (χ1n) is 6.34. The van der Waals surface area contributed by atoms with Crippen LogP contribution in [0.5, 0.6) is 5.75 Å². The molecule has 2 N–H and O–H groups in total. The van der Waals surface area contributed by atoms with Crippen LogP contribution < -0.4 is 10.5 Å². The van der Waals surface area contributed by atoms with Crippen molar-refractivity contribution in [2.75, 3.05) is 5.73 Å². The van der Waals surface area contributed by atoms with Gasteiger partial charge in [-0.05, 0) is 38.5 Å². The molecule has 0 bridgehead atoms. The first kappa shape index (κ1) is 15.2. The highest BCUT2D eigenvalue weighted by Crippen LogP contribution is 2.31. The Morgan fingerprint density at radius 2 is 2.10 bits per heavy atom. The van der Waals surface area contributed by atoms with Gasteiger partial charge in [0.25, 0.3) is 0 Å². The van der Waals surface area contributed by atoms with Crippen molar-refractivity contribution in [3.8, 4) is 5.75 Å². The van der Waals surface area contributed by atoms with E-state index < -0.39 is 0 Å². The molecule has 0 aliphatic heterocycles. The van der Waals surface area contributed by atoms with Gasteiger partial charge in [-0.1, -0.05) is 27.5 Å². The molecule has 0 unspecified atom stereocenters. The van der Waals surface area contributed by atoms with Crippen LogP contribution in [0.25, 0.3) is 0 Å². The summed E-state index contributed by atoms with van der Waals surface area (Å²) in [5.74, 6) is 0.686. The summed E-state index contributed by atoms with van der Waals surface area (Å²) in [7, 11) is 0. The Labute approximate surface area is 132 Å². The Balaban J connectivity index is 2.26. The molecular weight excluding hydrogens is 342 g/mol. The Kier molecular flexibility index (Phi) is 4.60. The second kappa shape index (κ2) is 6.06. The van der Waals surface area contributed by atoms with Crippen LogP contribution in [0.1, 0.15) is 23.9 Å². The molecular formula is C14H17BrClN3O. The van der Waals surface area contributed by atoms with Crippen molar-refractivity contribution >= 4 is 33.2 Å². The molecule has 0 aliphatic carbocycles. The van der Waals surface area contributed by atoms with Gasteiger partial charge in [-0.3, -0.25) is 4.68 Å². The first-order valence-corrected chi connectivity index (χ1v) is 7.51. The van der Waals surface area contributed by atoms with Crippen molar-refractivity contribution in [3.63, 3.8) is 0 Å². The number of hydrogen-bond acceptors (Lipinski definition) is 3. The molecule has 0 amide bonds. The van der Waals surface area contributed by atoms with Gasteiger partial charge < -0.3 is 10.5 Å². The SMILES string of the molecule is CCn1nc(C)c(Cl)c1COc1c(C)cc(Br)cc1N. The van der Waals surface area contributed by atoms with Crippen LogP contribution in [-0.2, 0) is 13.2 Å². The van der Waals surface area contributed by atoms with Crippen molar-refractivity contribution in [1.29, 1.82) is 0 Å². The minimum Gasteiger partial charge on any atom is -0.485 e. The van der Waals surface area contributed by atoms with Gasteiger partial charge in [0.15, 0.2) is 0 Å². The lowest BCUT2D eigenvalue weighted by Gasteiger charge is -2.13. The van der Waals surface area contributed by atoms with Crippen molar-refractivity contribution in [2.45, 2.75) is 33.9 Å². The number of aryl methyl sites for hydroxylation is 3. The third-order valence-electron chi connectivity index (χ3n) is 3.07. The summed E-state index contributed by atoms with van der Waals surface area (Å²) < 4.78 is 8.64. The summed E-state index contributed by atoms with van der Waals surface area (Å²) in [6.07, 6.45) is 0. The van der Waals surface area contributed by atoms with Crippen molar-refractivity contribution in [3.05, 3.63) is 38.6 Å². The van der Waals surface area contributed by atoms with Gasteiger partial charge in [-0.25, -0.2) is 0 Å². The minimum atomic E-state index is 0.347. The first-order chi connectivity index (χ1) is 9.43. The van der Waals surface area contributed by atoms with Crippen LogP contribution in [0.3, 0.4) is 0 Å². The van der Waals surface area contributed by atoms with E-state index in [1.807, 2.05) is 37.6 Å². The molecule has 2 rings (SSSR count). The summed E-state index contributed by atoms with van der Waals surface area (Å²) in [5, 5.41) is 5.02. The molecule has 0 fully saturated rings. The summed E-state index contributed by atoms with van der Waals surface area (Å²) in [5.41, 5.74) is 9.25. The van der Waals surface area contributed by atoms with E-state index in [1.54, 1.807) is 0 Å². The maximum Gasteiger partial charge on any atom is 0.145 e. The van der Waals surface area contributed by atoms with E-state index >= 15 is 0 Å². The third kappa shape index (κ3) is 2.94. The Bertz CT molecular complexity index is 617. The Morgan fingerprint density at radius 1 is 1.40 bits per heavy atom. The largest absolute Gasteiger partial charge is 0.485 e. The highest BCUT2D eigenvalue weighted by Gasteiger charge is 2.14. The van der Waals surface area contributed by atoms with E-state index in [0.29, 0.717) is 23.1 Å². The fourth-order valence-electron chi connectivity index (χ4n) is 2.10. The summed E-state index contributed by atoms with van der Waals surface area (Å²) in [6.45, 7) is 6.96. The number of nitrogen functional groups attached to an aromatic ring is 1. The van der Waals surface area contributed by atoms with Gasteiger partial charge in [0.2, 0.25) is 0 Å². The number of halogens is 2.